The van der Waals surface area contributed by atoms with Crippen molar-refractivity contribution in [2.24, 2.45) is 7.05 Å². The number of hydrogen-bond donors (Lipinski definition) is 0. The van der Waals surface area contributed by atoms with Crippen molar-refractivity contribution < 1.29 is 20.1 Å². The second kappa shape index (κ2) is 12.3. The average Bonchev–Trinajstić information content (AvgIpc) is 2.76. The minimum Gasteiger partial charge on any atom is -0.515 e. The van der Waals surface area contributed by atoms with E-state index in [1.165, 1.54) is 0 Å². The Bertz CT molecular complexity index is 507. The molecule has 0 bridgehead atoms. The Morgan fingerprint density at radius 1 is 1.05 bits per heavy atom. The Morgan fingerprint density at radius 3 is 1.90 bits per heavy atom. The number of hydrogen-bond acceptors (Lipinski definition) is 1. The van der Waals surface area contributed by atoms with Gasteiger partial charge in [-0.3, -0.25) is 15.8 Å². The number of allylic oxidation sites excluding steroid dienone is 2. The van der Waals surface area contributed by atoms with Gasteiger partial charge in [0.2, 0.25) is 0 Å². The van der Waals surface area contributed by atoms with Crippen molar-refractivity contribution in [1.29, 1.82) is 0 Å². The smallest absolute Gasteiger partial charge is 0.515 e. The summed E-state index contributed by atoms with van der Waals surface area (Å²) in [6, 6.07) is 12.9. The molecule has 2 rings (SSSR count). The van der Waals surface area contributed by atoms with Gasteiger partial charge in [0.1, 0.15) is 0 Å². The summed E-state index contributed by atoms with van der Waals surface area (Å²) in [6.07, 6.45) is 1.93. The first-order valence-electron chi connectivity index (χ1n) is 6.41. The molecular formula is C18H23IrN2. The minimum atomic E-state index is 0. The Kier molecular flexibility index (Phi) is 12.8. The summed E-state index contributed by atoms with van der Waals surface area (Å²) in [4.78, 5) is 0. The van der Waals surface area contributed by atoms with Crippen LogP contribution >= 0.6 is 0 Å². The zero-order chi connectivity index (χ0) is 15.5. The van der Waals surface area contributed by atoms with Crippen LogP contribution in [0, 0.1) is 19.2 Å². The van der Waals surface area contributed by atoms with Crippen molar-refractivity contribution in [1.82, 2.24) is 9.78 Å². The second-order valence-corrected chi connectivity index (χ2v) is 4.81. The van der Waals surface area contributed by atoms with E-state index in [9.17, 15) is 0 Å². The largest absolute Gasteiger partial charge is 3.00 e. The first kappa shape index (κ1) is 21.9. The second-order valence-electron chi connectivity index (χ2n) is 4.81. The molecule has 1 heterocycles. The molecule has 114 valence electrons. The van der Waals surface area contributed by atoms with E-state index >= 15 is 0 Å². The van der Waals surface area contributed by atoms with Crippen LogP contribution in [-0.4, -0.2) is 9.78 Å². The van der Waals surface area contributed by atoms with Crippen molar-refractivity contribution in [3.8, 4) is 11.3 Å². The summed E-state index contributed by atoms with van der Waals surface area (Å²) in [6.45, 7) is 17.5. The normalized spacial score (nSPS) is 8.24. The Labute approximate surface area is 142 Å². The van der Waals surface area contributed by atoms with Gasteiger partial charge in [-0.2, -0.15) is 0 Å². The van der Waals surface area contributed by atoms with Gasteiger partial charge >= 0.3 is 20.1 Å². The quantitative estimate of drug-likeness (QED) is 0.568. The van der Waals surface area contributed by atoms with E-state index in [1.54, 1.807) is 4.68 Å². The van der Waals surface area contributed by atoms with Crippen molar-refractivity contribution in [3.05, 3.63) is 66.9 Å². The maximum absolute atomic E-state index is 5.03. The molecule has 0 aliphatic carbocycles. The van der Waals surface area contributed by atoms with Gasteiger partial charge in [-0.15, -0.1) is 35.9 Å². The summed E-state index contributed by atoms with van der Waals surface area (Å²) in [7, 11) is 1.91. The van der Waals surface area contributed by atoms with Crippen LogP contribution in [0.3, 0.4) is 0 Å². The van der Waals surface area contributed by atoms with Crippen molar-refractivity contribution in [2.75, 3.05) is 0 Å². The Morgan fingerprint density at radius 2 is 1.57 bits per heavy atom. The molecule has 0 saturated heterocycles. The molecule has 0 atom stereocenters. The molecule has 3 heteroatoms. The van der Waals surface area contributed by atoms with Gasteiger partial charge in [0.05, 0.1) is 0 Å². The fourth-order valence-electron chi connectivity index (χ4n) is 1.11. The van der Waals surface area contributed by atoms with Crippen LogP contribution in [0.25, 0.3) is 11.3 Å². The summed E-state index contributed by atoms with van der Waals surface area (Å²) < 4.78 is 1.79. The molecular weight excluding hydrogens is 436 g/mol. The van der Waals surface area contributed by atoms with Gasteiger partial charge in [-0.25, -0.2) is 5.10 Å². The summed E-state index contributed by atoms with van der Waals surface area (Å²) in [5.41, 5.74) is 3.84. The van der Waals surface area contributed by atoms with Gasteiger partial charge < -0.3 is 13.2 Å². The maximum Gasteiger partial charge on any atom is 3.00 e. The number of aromatic nitrogens is 2. The van der Waals surface area contributed by atoms with E-state index in [2.05, 4.69) is 11.2 Å². The van der Waals surface area contributed by atoms with E-state index in [4.69, 9.17) is 13.2 Å². The Balaban J connectivity index is 0. The average molecular weight is 460 g/mol. The fourth-order valence-corrected chi connectivity index (χ4v) is 1.11. The summed E-state index contributed by atoms with van der Waals surface area (Å²) in [5, 5.41) is 4.27. The van der Waals surface area contributed by atoms with Crippen LogP contribution in [0.5, 0.6) is 0 Å². The molecule has 0 spiro atoms. The molecule has 0 unspecified atom stereocenters. The predicted molar refractivity (Wildman–Crippen MR) is 85.8 cm³/mol. The predicted octanol–water partition coefficient (Wildman–Crippen LogP) is 4.66. The monoisotopic (exact) mass is 460 g/mol. The van der Waals surface area contributed by atoms with E-state index < -0.39 is 0 Å². The zero-order valence-corrected chi connectivity index (χ0v) is 15.7. The van der Waals surface area contributed by atoms with Gasteiger partial charge in [-0.05, 0) is 0 Å². The van der Waals surface area contributed by atoms with Gasteiger partial charge in [0.15, 0.2) is 0 Å². The van der Waals surface area contributed by atoms with E-state index in [0.29, 0.717) is 0 Å². The van der Waals surface area contributed by atoms with Crippen LogP contribution in [0.4, 0.5) is 0 Å². The molecule has 0 aliphatic heterocycles. The van der Waals surface area contributed by atoms with Crippen LogP contribution in [0.15, 0.2) is 47.7 Å². The molecule has 0 radical (unpaired) electrons. The SMILES string of the molecule is Cn1ccc(-c2[c-]cccc2)n1.[CH-]=C(C)C.[CH-]=C(C)C.[Ir+3]. The number of benzene rings is 1. The minimum absolute atomic E-state index is 0. The van der Waals surface area contributed by atoms with Crippen molar-refractivity contribution in [2.45, 2.75) is 27.7 Å². The number of rotatable bonds is 1. The third-order valence-corrected chi connectivity index (χ3v) is 1.70. The molecule has 1 aromatic carbocycles. The van der Waals surface area contributed by atoms with Crippen molar-refractivity contribution in [3.63, 3.8) is 0 Å². The molecule has 21 heavy (non-hydrogen) atoms. The fraction of sp³-hybridized carbons (Fsp3) is 0.278. The molecule has 0 N–H and O–H groups in total. The Hall–Kier alpha value is -1.44. The molecule has 0 aliphatic rings. The van der Waals surface area contributed by atoms with Crippen LogP contribution in [-0.2, 0) is 27.2 Å². The third kappa shape index (κ3) is 13.3. The molecule has 2 aromatic rings. The van der Waals surface area contributed by atoms with Gasteiger partial charge in [0, 0.05) is 18.9 Å². The molecule has 0 fully saturated rings. The van der Waals surface area contributed by atoms with E-state index in [1.807, 2.05) is 71.3 Å². The maximum atomic E-state index is 5.03. The molecule has 0 amide bonds. The molecule has 0 saturated carbocycles. The zero-order valence-electron chi connectivity index (χ0n) is 13.3. The van der Waals surface area contributed by atoms with E-state index in [-0.39, 0.29) is 20.1 Å². The van der Waals surface area contributed by atoms with Crippen LogP contribution in [0.1, 0.15) is 27.7 Å². The first-order valence-corrected chi connectivity index (χ1v) is 6.41. The van der Waals surface area contributed by atoms with E-state index in [0.717, 1.165) is 22.4 Å². The number of aryl methyl sites for hydroxylation is 1. The van der Waals surface area contributed by atoms with Crippen LogP contribution in [0.2, 0.25) is 0 Å². The van der Waals surface area contributed by atoms with Crippen molar-refractivity contribution >= 4 is 0 Å². The third-order valence-electron chi connectivity index (χ3n) is 1.70. The first-order chi connectivity index (χ1) is 9.32. The number of nitrogens with zero attached hydrogens (tertiary/aromatic N) is 2. The standard InChI is InChI=1S/C10H9N2.2C4H7.Ir/c1-12-8-7-10(11-12)9-5-3-2-4-6-9;2*1-4(2)3;/h2-5,7-8H,1H3;2*1H,2-3H3;/q3*-1;+3. The van der Waals surface area contributed by atoms with Gasteiger partial charge in [0.25, 0.3) is 0 Å². The van der Waals surface area contributed by atoms with Crippen LogP contribution < -0.4 is 0 Å². The summed E-state index contributed by atoms with van der Waals surface area (Å²) in [5.74, 6) is 0. The van der Waals surface area contributed by atoms with Gasteiger partial charge in [-0.1, -0.05) is 33.8 Å². The molecule has 1 aromatic heterocycles. The molecule has 2 nitrogen and oxygen atoms in total. The topological polar surface area (TPSA) is 17.8 Å². The summed E-state index contributed by atoms with van der Waals surface area (Å²) >= 11 is 0.